The Morgan fingerprint density at radius 2 is 1.54 bits per heavy atom. The second kappa shape index (κ2) is 5.29. The lowest BCUT2D eigenvalue weighted by molar-refractivity contribution is 0.0214. The Hall–Kier alpha value is 0.350. The lowest BCUT2D eigenvalue weighted by Gasteiger charge is -2.32. The highest BCUT2D eigenvalue weighted by molar-refractivity contribution is 7.59. The molecule has 0 heterocycles. The smallest absolute Gasteiger partial charge is 0.0888 e. The van der Waals surface area contributed by atoms with E-state index in [9.17, 15) is 5.11 Å². The number of hydrogen-bond acceptors (Lipinski definition) is 2. The van der Waals surface area contributed by atoms with Gasteiger partial charge in [0.25, 0.3) is 0 Å². The Morgan fingerprint density at radius 1 is 1.15 bits per heavy atom. The minimum atomic E-state index is -0.889. The van der Waals surface area contributed by atoms with Gasteiger partial charge in [0.05, 0.1) is 12.2 Å². The fourth-order valence-electron chi connectivity index (χ4n) is 1.40. The maximum Gasteiger partial charge on any atom is 0.0888 e. The largest absolute Gasteiger partial charge is 0.393 e. The van der Waals surface area contributed by atoms with Crippen LogP contribution in [0.5, 0.6) is 0 Å². The van der Waals surface area contributed by atoms with Crippen LogP contribution in [0, 0.1) is 0 Å². The first-order valence-corrected chi connectivity index (χ1v) is 6.55. The molecule has 0 amide bonds. The summed E-state index contributed by atoms with van der Waals surface area (Å²) in [6.07, 6.45) is 0.744. The number of aliphatic hydroxyl groups excluding tert-OH is 1. The van der Waals surface area contributed by atoms with Crippen LogP contribution in [0.2, 0.25) is 0 Å². The third kappa shape index (κ3) is 4.95. The zero-order valence-electron chi connectivity index (χ0n) is 9.41. The predicted octanol–water partition coefficient (Wildman–Crippen LogP) is 2.03. The van der Waals surface area contributed by atoms with Gasteiger partial charge in [-0.3, -0.25) is 0 Å². The number of aliphatic hydroxyl groups is 2. The van der Waals surface area contributed by atoms with Crippen molar-refractivity contribution in [3.8, 4) is 0 Å². The van der Waals surface area contributed by atoms with Crippen molar-refractivity contribution < 1.29 is 10.2 Å². The molecule has 0 rings (SSSR count). The molecule has 80 valence electrons. The molecular weight excluding hydrogens is 183 g/mol. The number of hydrogen-bond donors (Lipinski definition) is 2. The van der Waals surface area contributed by atoms with Crippen molar-refractivity contribution in [2.45, 2.75) is 51.5 Å². The van der Waals surface area contributed by atoms with Crippen molar-refractivity contribution in [2.75, 3.05) is 12.8 Å². The molecule has 0 saturated carbocycles. The standard InChI is InChI=1S/C10H23O2P/c1-8(2)13(9(3)4)7-10(5,12)6-11/h8-9,11-12H,6-7H2,1-5H3/t10-/m0/s1. The molecule has 3 heteroatoms. The molecule has 2 N–H and O–H groups in total. The summed E-state index contributed by atoms with van der Waals surface area (Å²) in [5, 5.41) is 18.7. The van der Waals surface area contributed by atoms with Gasteiger partial charge in [0.15, 0.2) is 0 Å². The van der Waals surface area contributed by atoms with Gasteiger partial charge in [0.1, 0.15) is 0 Å². The van der Waals surface area contributed by atoms with Gasteiger partial charge in [-0.2, -0.15) is 0 Å². The highest BCUT2D eigenvalue weighted by atomic mass is 31.1. The van der Waals surface area contributed by atoms with Gasteiger partial charge in [-0.15, -0.1) is 0 Å². The van der Waals surface area contributed by atoms with Gasteiger partial charge in [0.2, 0.25) is 0 Å². The summed E-state index contributed by atoms with van der Waals surface area (Å²) in [4.78, 5) is 0. The van der Waals surface area contributed by atoms with Crippen LogP contribution < -0.4 is 0 Å². The molecule has 0 spiro atoms. The molecule has 0 radical (unpaired) electrons. The highest BCUT2D eigenvalue weighted by Crippen LogP contribution is 2.47. The van der Waals surface area contributed by atoms with E-state index in [4.69, 9.17) is 5.11 Å². The van der Waals surface area contributed by atoms with Gasteiger partial charge in [-0.1, -0.05) is 35.6 Å². The normalized spacial score (nSPS) is 17.1. The molecule has 0 aromatic rings. The molecule has 0 aliphatic rings. The first-order valence-electron chi connectivity index (χ1n) is 4.89. The van der Waals surface area contributed by atoms with Crippen LogP contribution in [0.15, 0.2) is 0 Å². The summed E-state index contributed by atoms with van der Waals surface area (Å²) in [6, 6.07) is 0. The fraction of sp³-hybridized carbons (Fsp3) is 1.00. The van der Waals surface area contributed by atoms with E-state index >= 15 is 0 Å². The maximum atomic E-state index is 9.76. The fourth-order valence-corrected chi connectivity index (χ4v) is 4.21. The van der Waals surface area contributed by atoms with E-state index in [2.05, 4.69) is 27.7 Å². The summed E-state index contributed by atoms with van der Waals surface area (Å²) in [7, 11) is -0.183. The van der Waals surface area contributed by atoms with Gasteiger partial charge in [-0.25, -0.2) is 0 Å². The van der Waals surface area contributed by atoms with E-state index in [0.717, 1.165) is 6.16 Å². The second-order valence-electron chi connectivity index (χ2n) is 4.51. The van der Waals surface area contributed by atoms with Crippen molar-refractivity contribution in [3.05, 3.63) is 0 Å². The van der Waals surface area contributed by atoms with Crippen molar-refractivity contribution in [2.24, 2.45) is 0 Å². The first-order chi connectivity index (χ1) is 5.80. The van der Waals surface area contributed by atoms with E-state index < -0.39 is 5.60 Å². The van der Waals surface area contributed by atoms with Crippen LogP contribution in [0.25, 0.3) is 0 Å². The first kappa shape index (κ1) is 13.4. The van der Waals surface area contributed by atoms with Gasteiger partial charge in [0, 0.05) is 0 Å². The lowest BCUT2D eigenvalue weighted by Crippen LogP contribution is -2.34. The van der Waals surface area contributed by atoms with Crippen molar-refractivity contribution >= 4 is 7.92 Å². The Bertz CT molecular complexity index is 136. The van der Waals surface area contributed by atoms with E-state index in [1.165, 1.54) is 0 Å². The lowest BCUT2D eigenvalue weighted by atomic mass is 10.2. The monoisotopic (exact) mass is 206 g/mol. The molecule has 0 aliphatic carbocycles. The van der Waals surface area contributed by atoms with Crippen molar-refractivity contribution in [1.82, 2.24) is 0 Å². The molecule has 1 atom stereocenters. The van der Waals surface area contributed by atoms with Crippen LogP contribution in [0.4, 0.5) is 0 Å². The Morgan fingerprint density at radius 3 is 1.77 bits per heavy atom. The van der Waals surface area contributed by atoms with Crippen LogP contribution in [-0.4, -0.2) is 39.9 Å². The highest BCUT2D eigenvalue weighted by Gasteiger charge is 2.27. The van der Waals surface area contributed by atoms with Gasteiger partial charge >= 0.3 is 0 Å². The average molecular weight is 206 g/mol. The van der Waals surface area contributed by atoms with E-state index in [1.54, 1.807) is 6.92 Å². The molecule has 0 aliphatic heterocycles. The Balaban J connectivity index is 4.26. The summed E-state index contributed by atoms with van der Waals surface area (Å²) < 4.78 is 0. The zero-order valence-corrected chi connectivity index (χ0v) is 10.3. The van der Waals surface area contributed by atoms with Crippen LogP contribution in [0.1, 0.15) is 34.6 Å². The molecule has 0 unspecified atom stereocenters. The van der Waals surface area contributed by atoms with Crippen molar-refractivity contribution in [1.29, 1.82) is 0 Å². The number of rotatable bonds is 5. The Labute approximate surface area is 83.1 Å². The molecule has 0 saturated heterocycles. The Kier molecular flexibility index (Phi) is 5.43. The zero-order chi connectivity index (χ0) is 10.6. The molecular formula is C10H23O2P. The molecule has 0 bridgehead atoms. The summed E-state index contributed by atoms with van der Waals surface area (Å²) in [5.41, 5.74) is 0.348. The third-order valence-electron chi connectivity index (χ3n) is 2.19. The summed E-state index contributed by atoms with van der Waals surface area (Å²) in [6.45, 7) is 10.4. The molecule has 2 nitrogen and oxygen atoms in total. The van der Waals surface area contributed by atoms with E-state index in [0.29, 0.717) is 11.3 Å². The van der Waals surface area contributed by atoms with Gasteiger partial charge in [-0.05, 0) is 24.4 Å². The summed E-state index contributed by atoms with van der Waals surface area (Å²) in [5.74, 6) is 0. The maximum absolute atomic E-state index is 9.76. The van der Waals surface area contributed by atoms with E-state index in [-0.39, 0.29) is 14.5 Å². The topological polar surface area (TPSA) is 40.5 Å². The second-order valence-corrected chi connectivity index (χ2v) is 7.93. The summed E-state index contributed by atoms with van der Waals surface area (Å²) >= 11 is 0. The van der Waals surface area contributed by atoms with E-state index in [1.807, 2.05) is 0 Å². The predicted molar refractivity (Wildman–Crippen MR) is 59.8 cm³/mol. The minimum absolute atomic E-state index is 0.134. The van der Waals surface area contributed by atoms with Crippen LogP contribution in [-0.2, 0) is 0 Å². The molecule has 0 aromatic carbocycles. The van der Waals surface area contributed by atoms with Crippen LogP contribution >= 0.6 is 7.92 Å². The van der Waals surface area contributed by atoms with Crippen LogP contribution in [0.3, 0.4) is 0 Å². The SMILES string of the molecule is CC(C)P(C[C@@](C)(O)CO)C(C)C. The average Bonchev–Trinajstić information content (AvgIpc) is 1.99. The van der Waals surface area contributed by atoms with Gasteiger partial charge < -0.3 is 10.2 Å². The molecule has 0 fully saturated rings. The quantitative estimate of drug-likeness (QED) is 0.676. The molecule has 13 heavy (non-hydrogen) atoms. The minimum Gasteiger partial charge on any atom is -0.393 e. The molecule has 0 aromatic heterocycles. The van der Waals surface area contributed by atoms with Crippen molar-refractivity contribution in [3.63, 3.8) is 0 Å². The third-order valence-corrected chi connectivity index (χ3v) is 5.89.